The Labute approximate surface area is 151 Å². The molecule has 4 bridgehead atoms. The molecular weight excluding hydrogens is 310 g/mol. The zero-order chi connectivity index (χ0) is 17.6. The van der Waals surface area contributed by atoms with Crippen LogP contribution in [0.25, 0.3) is 0 Å². The Morgan fingerprint density at radius 3 is 2.64 bits per heavy atom. The summed E-state index contributed by atoms with van der Waals surface area (Å²) in [4.78, 5) is 14.5. The van der Waals surface area contributed by atoms with Crippen LogP contribution in [0.15, 0.2) is 12.2 Å². The van der Waals surface area contributed by atoms with E-state index in [-0.39, 0.29) is 28.3 Å². The summed E-state index contributed by atoms with van der Waals surface area (Å²) in [7, 11) is 0. The number of rotatable bonds is 0. The molecule has 6 rings (SSSR count). The van der Waals surface area contributed by atoms with Crippen LogP contribution in [-0.4, -0.2) is 35.1 Å². The van der Waals surface area contributed by atoms with Crippen molar-refractivity contribution in [2.24, 2.45) is 34.0 Å². The molecule has 0 aromatic carbocycles. The molecule has 5 aliphatic carbocycles. The van der Waals surface area contributed by atoms with E-state index in [0.717, 1.165) is 24.6 Å². The molecule has 6 aliphatic rings. The Hall–Kier alpha value is -0.830. The number of likely N-dealkylation sites (tertiary alicyclic amines) is 1. The molecule has 138 valence electrons. The minimum Gasteiger partial charge on any atom is -0.388 e. The molecule has 3 nitrogen and oxygen atoms in total. The SMILES string of the molecule is C=C1[C@@H]2CC[C@]3(CC[C@@H]4[C@]5(C)CCC[C@]4(CN(C(C)=O)C5)[C@H]3C2)[C@H]1O. The molecule has 0 unspecified atom stereocenters. The van der Waals surface area contributed by atoms with E-state index >= 15 is 0 Å². The van der Waals surface area contributed by atoms with Crippen LogP contribution in [-0.2, 0) is 4.79 Å². The Morgan fingerprint density at radius 1 is 1.12 bits per heavy atom. The lowest BCUT2D eigenvalue weighted by Gasteiger charge is -2.72. The lowest BCUT2D eigenvalue weighted by molar-refractivity contribution is -0.238. The first-order valence-corrected chi connectivity index (χ1v) is 10.4. The first-order chi connectivity index (χ1) is 11.8. The van der Waals surface area contributed by atoms with Crippen molar-refractivity contribution in [2.45, 2.75) is 71.3 Å². The number of hydrogen-bond donors (Lipinski definition) is 1. The number of aliphatic hydroxyl groups excluding tert-OH is 1. The Kier molecular flexibility index (Phi) is 3.21. The maximum Gasteiger partial charge on any atom is 0.219 e. The maximum atomic E-state index is 12.3. The van der Waals surface area contributed by atoms with Crippen LogP contribution in [0.5, 0.6) is 0 Å². The highest BCUT2D eigenvalue weighted by atomic mass is 16.3. The third-order valence-electron chi connectivity index (χ3n) is 9.59. The normalized spacial score (nSPS) is 54.0. The predicted octanol–water partition coefficient (Wildman–Crippen LogP) is 3.77. The van der Waals surface area contributed by atoms with Crippen LogP contribution in [0.4, 0.5) is 0 Å². The van der Waals surface area contributed by atoms with Gasteiger partial charge in [-0.1, -0.05) is 19.9 Å². The molecule has 6 fully saturated rings. The van der Waals surface area contributed by atoms with Gasteiger partial charge in [0.1, 0.15) is 0 Å². The van der Waals surface area contributed by atoms with Crippen LogP contribution in [0.3, 0.4) is 0 Å². The molecule has 3 heteroatoms. The standard InChI is InChI=1S/C22H33NO2/c1-14-16-5-9-21(19(14)25)10-6-17-20(3)7-4-8-22(17,18(21)11-16)13-23(12-20)15(2)24/h16-19,25H,1,4-13H2,2-3H3/t16-,17-,18+,19+,20-,21-,22-/m1/s1. The molecule has 7 atom stereocenters. The number of amides is 1. The largest absolute Gasteiger partial charge is 0.388 e. The zero-order valence-electron chi connectivity index (χ0n) is 15.9. The molecule has 0 aromatic rings. The lowest BCUT2D eigenvalue weighted by Crippen LogP contribution is -2.71. The molecule has 1 amide bonds. The Balaban J connectivity index is 1.63. The van der Waals surface area contributed by atoms with Gasteiger partial charge in [-0.2, -0.15) is 0 Å². The van der Waals surface area contributed by atoms with Gasteiger partial charge in [0.25, 0.3) is 0 Å². The minimum absolute atomic E-state index is 0.0559. The molecule has 1 N–H and O–H groups in total. The van der Waals surface area contributed by atoms with Gasteiger partial charge in [0, 0.05) is 25.4 Å². The van der Waals surface area contributed by atoms with E-state index in [1.165, 1.54) is 51.4 Å². The third-order valence-corrected chi connectivity index (χ3v) is 9.59. The Morgan fingerprint density at radius 2 is 1.88 bits per heavy atom. The fraction of sp³-hybridized carbons (Fsp3) is 0.864. The number of piperidine rings is 1. The second-order valence-corrected chi connectivity index (χ2v) is 10.4. The molecule has 1 saturated heterocycles. The molecule has 0 aromatic heterocycles. The van der Waals surface area contributed by atoms with Crippen molar-refractivity contribution in [3.05, 3.63) is 12.2 Å². The van der Waals surface area contributed by atoms with Gasteiger partial charge < -0.3 is 10.0 Å². The molecule has 5 saturated carbocycles. The van der Waals surface area contributed by atoms with Gasteiger partial charge >= 0.3 is 0 Å². The van der Waals surface area contributed by atoms with Crippen molar-refractivity contribution in [1.29, 1.82) is 0 Å². The van der Waals surface area contributed by atoms with Crippen molar-refractivity contribution in [1.82, 2.24) is 4.90 Å². The first kappa shape index (κ1) is 16.4. The highest BCUT2D eigenvalue weighted by Gasteiger charge is 2.69. The lowest BCUT2D eigenvalue weighted by atomic mass is 9.35. The fourth-order valence-electron chi connectivity index (χ4n) is 8.64. The molecule has 1 spiro atoms. The molecule has 1 heterocycles. The van der Waals surface area contributed by atoms with Gasteiger partial charge in [0.05, 0.1) is 6.10 Å². The highest BCUT2D eigenvalue weighted by molar-refractivity contribution is 5.73. The molecule has 25 heavy (non-hydrogen) atoms. The average molecular weight is 344 g/mol. The van der Waals surface area contributed by atoms with Gasteiger partial charge in [-0.05, 0) is 79.1 Å². The number of carbonyl (C=O) groups excluding carboxylic acids is 1. The van der Waals surface area contributed by atoms with Crippen LogP contribution in [0.1, 0.15) is 65.2 Å². The maximum absolute atomic E-state index is 12.3. The molecule has 0 radical (unpaired) electrons. The monoisotopic (exact) mass is 343 g/mol. The van der Waals surface area contributed by atoms with Gasteiger partial charge in [-0.3, -0.25) is 4.79 Å². The van der Waals surface area contributed by atoms with E-state index in [9.17, 15) is 9.90 Å². The number of nitrogens with zero attached hydrogens (tertiary/aromatic N) is 1. The van der Waals surface area contributed by atoms with E-state index in [0.29, 0.717) is 11.8 Å². The van der Waals surface area contributed by atoms with E-state index < -0.39 is 0 Å². The first-order valence-electron chi connectivity index (χ1n) is 10.4. The van der Waals surface area contributed by atoms with Crippen LogP contribution in [0, 0.1) is 34.0 Å². The van der Waals surface area contributed by atoms with E-state index in [1.807, 2.05) is 0 Å². The molecule has 1 aliphatic heterocycles. The van der Waals surface area contributed by atoms with Crippen LogP contribution < -0.4 is 0 Å². The summed E-state index contributed by atoms with van der Waals surface area (Å²) < 4.78 is 0. The number of hydrogen-bond acceptors (Lipinski definition) is 2. The van der Waals surface area contributed by atoms with Gasteiger partial charge in [-0.25, -0.2) is 0 Å². The average Bonchev–Trinajstić information content (AvgIpc) is 2.57. The van der Waals surface area contributed by atoms with Crippen molar-refractivity contribution >= 4 is 5.91 Å². The number of fused-ring (bicyclic) bond motifs is 2. The number of aliphatic hydroxyl groups is 1. The summed E-state index contributed by atoms with van der Waals surface area (Å²) in [5, 5.41) is 11.2. The van der Waals surface area contributed by atoms with Gasteiger partial charge in [-0.15, -0.1) is 0 Å². The van der Waals surface area contributed by atoms with Crippen molar-refractivity contribution in [3.8, 4) is 0 Å². The highest BCUT2D eigenvalue weighted by Crippen LogP contribution is 2.73. The third kappa shape index (κ3) is 1.84. The van der Waals surface area contributed by atoms with Crippen molar-refractivity contribution in [2.75, 3.05) is 13.1 Å². The summed E-state index contributed by atoms with van der Waals surface area (Å²) in [5.74, 6) is 2.08. The summed E-state index contributed by atoms with van der Waals surface area (Å²) in [6.45, 7) is 10.4. The quantitative estimate of drug-likeness (QED) is 0.680. The minimum atomic E-state index is -0.304. The fourth-order valence-corrected chi connectivity index (χ4v) is 8.64. The summed E-state index contributed by atoms with van der Waals surface area (Å²) in [5.41, 5.74) is 1.70. The number of carbonyl (C=O) groups is 1. The molecular formula is C22H33NO2. The predicted molar refractivity (Wildman–Crippen MR) is 97.8 cm³/mol. The van der Waals surface area contributed by atoms with Crippen molar-refractivity contribution in [3.63, 3.8) is 0 Å². The second-order valence-electron chi connectivity index (χ2n) is 10.4. The Bertz CT molecular complexity index is 644. The summed E-state index contributed by atoms with van der Waals surface area (Å²) in [6, 6.07) is 0. The summed E-state index contributed by atoms with van der Waals surface area (Å²) in [6.07, 6.45) is 9.55. The topological polar surface area (TPSA) is 40.5 Å². The summed E-state index contributed by atoms with van der Waals surface area (Å²) >= 11 is 0. The van der Waals surface area contributed by atoms with E-state index in [2.05, 4.69) is 18.4 Å². The van der Waals surface area contributed by atoms with Gasteiger partial charge in [0.2, 0.25) is 5.91 Å². The van der Waals surface area contributed by atoms with Crippen molar-refractivity contribution < 1.29 is 9.90 Å². The smallest absolute Gasteiger partial charge is 0.219 e. The van der Waals surface area contributed by atoms with Crippen LogP contribution >= 0.6 is 0 Å². The van der Waals surface area contributed by atoms with E-state index in [4.69, 9.17) is 0 Å². The van der Waals surface area contributed by atoms with Crippen LogP contribution in [0.2, 0.25) is 0 Å². The zero-order valence-corrected chi connectivity index (χ0v) is 15.9. The van der Waals surface area contributed by atoms with Gasteiger partial charge in [0.15, 0.2) is 0 Å². The second kappa shape index (κ2) is 4.91. The van der Waals surface area contributed by atoms with E-state index in [1.54, 1.807) is 6.92 Å².